The summed E-state index contributed by atoms with van der Waals surface area (Å²) < 4.78 is 24.2. The molecular weight excluding hydrogens is 271 g/mol. The fraction of sp³-hybridized carbons (Fsp3) is 0.250. The van der Waals surface area contributed by atoms with Crippen LogP contribution in [0.3, 0.4) is 0 Å². The molecule has 4 nitrogen and oxygen atoms in total. The number of methoxy groups -OCH3 is 1. The van der Waals surface area contributed by atoms with Crippen LogP contribution in [0.15, 0.2) is 42.5 Å². The van der Waals surface area contributed by atoms with Crippen LogP contribution < -0.4 is 20.7 Å². The number of rotatable bonds is 6. The van der Waals surface area contributed by atoms with Crippen molar-refractivity contribution in [1.29, 1.82) is 0 Å². The Labute approximate surface area is 123 Å². The molecule has 0 saturated heterocycles. The number of ether oxygens (including phenoxy) is 2. The van der Waals surface area contributed by atoms with Gasteiger partial charge in [0.15, 0.2) is 11.6 Å². The molecule has 0 spiro atoms. The van der Waals surface area contributed by atoms with Crippen molar-refractivity contribution in [2.75, 3.05) is 13.7 Å². The summed E-state index contributed by atoms with van der Waals surface area (Å²) in [6, 6.07) is 12.0. The van der Waals surface area contributed by atoms with Crippen LogP contribution in [-0.4, -0.2) is 13.7 Å². The summed E-state index contributed by atoms with van der Waals surface area (Å²) in [5.41, 5.74) is 4.31. The highest BCUT2D eigenvalue weighted by molar-refractivity contribution is 5.39. The van der Waals surface area contributed by atoms with Gasteiger partial charge in [0, 0.05) is 0 Å². The molecule has 0 bridgehead atoms. The average Bonchev–Trinajstić information content (AvgIpc) is 2.49. The molecule has 0 aliphatic rings. The van der Waals surface area contributed by atoms with Crippen molar-refractivity contribution < 1.29 is 13.9 Å². The maximum atomic E-state index is 13.8. The van der Waals surface area contributed by atoms with Gasteiger partial charge in [0.1, 0.15) is 5.75 Å². The van der Waals surface area contributed by atoms with E-state index < -0.39 is 5.82 Å². The third-order valence-corrected chi connectivity index (χ3v) is 3.18. The quantitative estimate of drug-likeness (QED) is 0.634. The summed E-state index contributed by atoms with van der Waals surface area (Å²) in [6.07, 6.45) is 0. The zero-order valence-electron chi connectivity index (χ0n) is 12.1. The number of hydrogen-bond donors (Lipinski definition) is 2. The van der Waals surface area contributed by atoms with E-state index in [1.807, 2.05) is 31.2 Å². The summed E-state index contributed by atoms with van der Waals surface area (Å²) in [7, 11) is 1.43. The number of benzene rings is 2. The molecule has 0 radical (unpaired) electrons. The van der Waals surface area contributed by atoms with E-state index in [1.54, 1.807) is 12.1 Å². The fourth-order valence-corrected chi connectivity index (χ4v) is 2.20. The second-order valence-corrected chi connectivity index (χ2v) is 4.50. The molecule has 0 aliphatic heterocycles. The van der Waals surface area contributed by atoms with Crippen LogP contribution in [0.25, 0.3) is 0 Å². The molecule has 0 heterocycles. The highest BCUT2D eigenvalue weighted by Crippen LogP contribution is 2.27. The van der Waals surface area contributed by atoms with E-state index in [4.69, 9.17) is 15.3 Å². The number of hydrogen-bond acceptors (Lipinski definition) is 4. The van der Waals surface area contributed by atoms with Crippen molar-refractivity contribution in [2.24, 2.45) is 5.84 Å². The van der Waals surface area contributed by atoms with E-state index in [2.05, 4.69) is 5.43 Å². The van der Waals surface area contributed by atoms with E-state index in [1.165, 1.54) is 13.2 Å². The lowest BCUT2D eigenvalue weighted by molar-refractivity contribution is 0.339. The summed E-state index contributed by atoms with van der Waals surface area (Å²) in [4.78, 5) is 0. The first-order valence-corrected chi connectivity index (χ1v) is 6.72. The maximum absolute atomic E-state index is 13.8. The standard InChI is InChI=1S/C16H19FN2O2/c1-3-21-13-6-4-5-11(9-13)16(19-18)12-7-8-15(20-2)14(17)10-12/h4-10,16,19H,3,18H2,1-2H3. The van der Waals surface area contributed by atoms with Crippen molar-refractivity contribution >= 4 is 0 Å². The Bertz CT molecular complexity index is 605. The smallest absolute Gasteiger partial charge is 0.165 e. The van der Waals surface area contributed by atoms with Gasteiger partial charge in [-0.05, 0) is 42.3 Å². The van der Waals surface area contributed by atoms with Gasteiger partial charge < -0.3 is 9.47 Å². The summed E-state index contributed by atoms with van der Waals surface area (Å²) in [5, 5.41) is 0. The number of nitrogens with two attached hydrogens (primary N) is 1. The summed E-state index contributed by atoms with van der Waals surface area (Å²) in [5.74, 6) is 6.18. The molecule has 112 valence electrons. The minimum atomic E-state index is -0.420. The maximum Gasteiger partial charge on any atom is 0.165 e. The van der Waals surface area contributed by atoms with Crippen molar-refractivity contribution in [1.82, 2.24) is 5.43 Å². The predicted molar refractivity (Wildman–Crippen MR) is 79.7 cm³/mol. The molecule has 1 unspecified atom stereocenters. The Morgan fingerprint density at radius 1 is 1.19 bits per heavy atom. The molecule has 0 aliphatic carbocycles. The van der Waals surface area contributed by atoms with Gasteiger partial charge in [-0.3, -0.25) is 5.84 Å². The minimum Gasteiger partial charge on any atom is -0.494 e. The first-order chi connectivity index (χ1) is 10.2. The first kappa shape index (κ1) is 15.3. The first-order valence-electron chi connectivity index (χ1n) is 6.72. The van der Waals surface area contributed by atoms with Crippen molar-refractivity contribution in [2.45, 2.75) is 13.0 Å². The van der Waals surface area contributed by atoms with E-state index in [9.17, 15) is 4.39 Å². The third kappa shape index (κ3) is 3.51. The van der Waals surface area contributed by atoms with Crippen LogP contribution in [0, 0.1) is 5.82 Å². The largest absolute Gasteiger partial charge is 0.494 e. The molecule has 21 heavy (non-hydrogen) atoms. The zero-order chi connectivity index (χ0) is 15.2. The highest BCUT2D eigenvalue weighted by Gasteiger charge is 2.15. The van der Waals surface area contributed by atoms with Gasteiger partial charge in [0.2, 0.25) is 0 Å². The molecule has 0 fully saturated rings. The third-order valence-electron chi connectivity index (χ3n) is 3.18. The van der Waals surface area contributed by atoms with Crippen molar-refractivity contribution in [3.05, 3.63) is 59.4 Å². The number of nitrogens with one attached hydrogen (secondary N) is 1. The van der Waals surface area contributed by atoms with Crippen LogP contribution in [0.1, 0.15) is 24.1 Å². The van der Waals surface area contributed by atoms with Gasteiger partial charge in [-0.2, -0.15) is 0 Å². The fourth-order valence-electron chi connectivity index (χ4n) is 2.20. The van der Waals surface area contributed by atoms with Gasteiger partial charge in [-0.15, -0.1) is 0 Å². The monoisotopic (exact) mass is 290 g/mol. The van der Waals surface area contributed by atoms with Crippen molar-refractivity contribution in [3.8, 4) is 11.5 Å². The summed E-state index contributed by atoms with van der Waals surface area (Å²) >= 11 is 0. The molecule has 2 aromatic rings. The normalized spacial score (nSPS) is 12.0. The molecule has 0 aromatic heterocycles. The molecule has 5 heteroatoms. The molecule has 3 N–H and O–H groups in total. The Morgan fingerprint density at radius 2 is 1.95 bits per heavy atom. The van der Waals surface area contributed by atoms with Gasteiger partial charge >= 0.3 is 0 Å². The topological polar surface area (TPSA) is 56.5 Å². The highest BCUT2D eigenvalue weighted by atomic mass is 19.1. The molecule has 0 amide bonds. The van der Waals surface area contributed by atoms with Crippen molar-refractivity contribution in [3.63, 3.8) is 0 Å². The Kier molecular flexibility index (Phi) is 5.14. The van der Waals surface area contributed by atoms with Crippen LogP contribution >= 0.6 is 0 Å². The number of hydrazine groups is 1. The van der Waals surface area contributed by atoms with Gasteiger partial charge in [-0.25, -0.2) is 9.82 Å². The van der Waals surface area contributed by atoms with E-state index in [0.29, 0.717) is 12.2 Å². The van der Waals surface area contributed by atoms with E-state index in [-0.39, 0.29) is 11.8 Å². The molecular formula is C16H19FN2O2. The number of halogens is 1. The Morgan fingerprint density at radius 3 is 2.57 bits per heavy atom. The molecule has 2 aromatic carbocycles. The average molecular weight is 290 g/mol. The SMILES string of the molecule is CCOc1cccc(C(NN)c2ccc(OC)c(F)c2)c1. The Hall–Kier alpha value is -2.11. The lowest BCUT2D eigenvalue weighted by atomic mass is 9.99. The lowest BCUT2D eigenvalue weighted by Crippen LogP contribution is -2.28. The summed E-state index contributed by atoms with van der Waals surface area (Å²) in [6.45, 7) is 2.51. The van der Waals surface area contributed by atoms with Crippen LogP contribution in [-0.2, 0) is 0 Å². The molecule has 2 rings (SSSR count). The zero-order valence-corrected chi connectivity index (χ0v) is 12.1. The van der Waals surface area contributed by atoms with Crippen LogP contribution in [0.4, 0.5) is 4.39 Å². The predicted octanol–water partition coefficient (Wildman–Crippen LogP) is 2.79. The van der Waals surface area contributed by atoms with E-state index in [0.717, 1.165) is 11.3 Å². The second-order valence-electron chi connectivity index (χ2n) is 4.50. The van der Waals surface area contributed by atoms with Gasteiger partial charge in [-0.1, -0.05) is 18.2 Å². The Balaban J connectivity index is 2.34. The lowest BCUT2D eigenvalue weighted by Gasteiger charge is -2.18. The van der Waals surface area contributed by atoms with Crippen LogP contribution in [0.2, 0.25) is 0 Å². The minimum absolute atomic E-state index is 0.206. The molecule has 1 atom stereocenters. The van der Waals surface area contributed by atoms with Crippen LogP contribution in [0.5, 0.6) is 11.5 Å². The molecule has 0 saturated carbocycles. The van der Waals surface area contributed by atoms with Gasteiger partial charge in [0.05, 0.1) is 19.8 Å². The van der Waals surface area contributed by atoms with Gasteiger partial charge in [0.25, 0.3) is 0 Å². The van der Waals surface area contributed by atoms with E-state index >= 15 is 0 Å². The second kappa shape index (κ2) is 7.06.